The van der Waals surface area contributed by atoms with E-state index in [1.807, 2.05) is 24.3 Å². The molecule has 0 aliphatic rings. The van der Waals surface area contributed by atoms with Gasteiger partial charge in [0.1, 0.15) is 0 Å². The lowest BCUT2D eigenvalue weighted by Crippen LogP contribution is -2.26. The second-order valence-corrected chi connectivity index (χ2v) is 6.45. The summed E-state index contributed by atoms with van der Waals surface area (Å²) in [4.78, 5) is 11.8. The lowest BCUT2D eigenvalue weighted by Gasteiger charge is -2.06. The van der Waals surface area contributed by atoms with Crippen LogP contribution in [-0.4, -0.2) is 12.5 Å². The van der Waals surface area contributed by atoms with Crippen LogP contribution in [0.25, 0.3) is 0 Å². The van der Waals surface area contributed by atoms with Crippen LogP contribution in [0.2, 0.25) is 0 Å². The molecule has 1 aromatic rings. The predicted octanol–water partition coefficient (Wildman–Crippen LogP) is 4.85. The van der Waals surface area contributed by atoms with Crippen LogP contribution in [0.1, 0.15) is 76.7 Å². The van der Waals surface area contributed by atoms with Crippen LogP contribution in [0.5, 0.6) is 0 Å². The van der Waals surface area contributed by atoms with Crippen molar-refractivity contribution >= 4 is 11.6 Å². The third-order valence-corrected chi connectivity index (χ3v) is 4.17. The molecule has 0 heterocycles. The number of hydrogen-bond acceptors (Lipinski definition) is 2. The molecule has 0 unspecified atom stereocenters. The lowest BCUT2D eigenvalue weighted by atomic mass is 10.1. The topological polar surface area (TPSA) is 55.1 Å². The molecule has 1 rings (SSSR count). The minimum Gasteiger partial charge on any atom is -0.399 e. The van der Waals surface area contributed by atoms with Gasteiger partial charge in [-0.2, -0.15) is 0 Å². The Hall–Kier alpha value is -1.51. The molecule has 1 amide bonds. The molecule has 0 aliphatic carbocycles. The normalized spacial score (nSPS) is 10.7. The van der Waals surface area contributed by atoms with Crippen molar-refractivity contribution in [3.05, 3.63) is 29.8 Å². The number of carbonyl (C=O) groups excluding carboxylic acids is 1. The van der Waals surface area contributed by atoms with Crippen molar-refractivity contribution in [3.63, 3.8) is 0 Å². The van der Waals surface area contributed by atoms with Gasteiger partial charge in [-0.05, 0) is 24.1 Å². The van der Waals surface area contributed by atoms with Crippen molar-refractivity contribution in [2.45, 2.75) is 77.6 Å². The summed E-state index contributed by atoms with van der Waals surface area (Å²) < 4.78 is 0. The van der Waals surface area contributed by atoms with Crippen molar-refractivity contribution in [2.24, 2.45) is 0 Å². The van der Waals surface area contributed by atoms with Gasteiger partial charge >= 0.3 is 0 Å². The first kappa shape index (κ1) is 19.5. The number of hydrogen-bond donors (Lipinski definition) is 2. The van der Waals surface area contributed by atoms with E-state index in [9.17, 15) is 4.79 Å². The summed E-state index contributed by atoms with van der Waals surface area (Å²) in [5.41, 5.74) is 7.41. The molecule has 130 valence electrons. The van der Waals surface area contributed by atoms with Gasteiger partial charge in [-0.15, -0.1) is 0 Å². The molecule has 0 spiro atoms. The highest BCUT2D eigenvalue weighted by atomic mass is 16.1. The van der Waals surface area contributed by atoms with Gasteiger partial charge in [0.15, 0.2) is 0 Å². The van der Waals surface area contributed by atoms with Crippen molar-refractivity contribution in [1.82, 2.24) is 5.32 Å². The number of rotatable bonds is 13. The van der Waals surface area contributed by atoms with Crippen molar-refractivity contribution in [2.75, 3.05) is 12.3 Å². The van der Waals surface area contributed by atoms with Crippen LogP contribution in [0, 0.1) is 0 Å². The predicted molar refractivity (Wildman–Crippen MR) is 99.4 cm³/mol. The van der Waals surface area contributed by atoms with Crippen molar-refractivity contribution in [1.29, 1.82) is 0 Å². The van der Waals surface area contributed by atoms with E-state index in [4.69, 9.17) is 5.73 Å². The summed E-state index contributed by atoms with van der Waals surface area (Å²) in [6.45, 7) is 3.05. The fourth-order valence-corrected chi connectivity index (χ4v) is 2.79. The second-order valence-electron chi connectivity index (χ2n) is 6.45. The van der Waals surface area contributed by atoms with E-state index in [0.29, 0.717) is 12.1 Å². The Bertz CT molecular complexity index is 431. The van der Waals surface area contributed by atoms with Crippen LogP contribution in [0.4, 0.5) is 5.69 Å². The molecule has 3 N–H and O–H groups in total. The summed E-state index contributed by atoms with van der Waals surface area (Å²) in [7, 11) is 0. The molecule has 1 aromatic carbocycles. The quantitative estimate of drug-likeness (QED) is 0.403. The lowest BCUT2D eigenvalue weighted by molar-refractivity contribution is -0.120. The third-order valence-electron chi connectivity index (χ3n) is 4.17. The molecule has 0 fully saturated rings. The molecule has 0 saturated heterocycles. The van der Waals surface area contributed by atoms with Gasteiger partial charge in [-0.1, -0.05) is 76.8 Å². The number of benzene rings is 1. The van der Waals surface area contributed by atoms with Gasteiger partial charge in [0.05, 0.1) is 6.42 Å². The number of nitrogens with two attached hydrogens (primary N) is 1. The number of amides is 1. The van der Waals surface area contributed by atoms with Gasteiger partial charge in [-0.3, -0.25) is 4.79 Å². The zero-order chi connectivity index (χ0) is 16.8. The highest BCUT2D eigenvalue weighted by molar-refractivity contribution is 5.78. The molecule has 0 saturated carbocycles. The molecule has 0 aliphatic heterocycles. The maximum atomic E-state index is 11.8. The van der Waals surface area contributed by atoms with Crippen molar-refractivity contribution < 1.29 is 4.79 Å². The molecule has 0 atom stereocenters. The van der Waals surface area contributed by atoms with Crippen LogP contribution < -0.4 is 11.1 Å². The molecular formula is C20H34N2O. The first-order valence-corrected chi connectivity index (χ1v) is 9.33. The Morgan fingerprint density at radius 3 is 2.17 bits per heavy atom. The van der Waals surface area contributed by atoms with Crippen LogP contribution >= 0.6 is 0 Å². The molecule has 0 radical (unpaired) electrons. The monoisotopic (exact) mass is 318 g/mol. The maximum Gasteiger partial charge on any atom is 0.224 e. The first-order valence-electron chi connectivity index (χ1n) is 9.33. The molecule has 3 heteroatoms. The minimum absolute atomic E-state index is 0.0894. The first-order chi connectivity index (χ1) is 11.2. The van der Waals surface area contributed by atoms with Gasteiger partial charge in [-0.25, -0.2) is 0 Å². The van der Waals surface area contributed by atoms with E-state index in [2.05, 4.69) is 12.2 Å². The number of nitrogen functional groups attached to an aromatic ring is 1. The fourth-order valence-electron chi connectivity index (χ4n) is 2.79. The van der Waals surface area contributed by atoms with Crippen LogP contribution in [0.3, 0.4) is 0 Å². The summed E-state index contributed by atoms with van der Waals surface area (Å²) in [6, 6.07) is 7.53. The number of carbonyl (C=O) groups is 1. The summed E-state index contributed by atoms with van der Waals surface area (Å²) >= 11 is 0. The number of unbranched alkanes of at least 4 members (excludes halogenated alkanes) is 9. The molecule has 23 heavy (non-hydrogen) atoms. The largest absolute Gasteiger partial charge is 0.399 e. The Morgan fingerprint density at radius 2 is 1.57 bits per heavy atom. The van der Waals surface area contributed by atoms with E-state index >= 15 is 0 Å². The van der Waals surface area contributed by atoms with Gasteiger partial charge in [0, 0.05) is 12.2 Å². The Labute approximate surface area is 142 Å². The Kier molecular flexibility index (Phi) is 11.0. The minimum atomic E-state index is 0.0894. The van der Waals surface area contributed by atoms with E-state index in [1.165, 1.54) is 57.8 Å². The average Bonchev–Trinajstić information content (AvgIpc) is 2.52. The third kappa shape index (κ3) is 10.8. The number of nitrogens with one attached hydrogen (secondary N) is 1. The van der Waals surface area contributed by atoms with Crippen molar-refractivity contribution in [3.8, 4) is 0 Å². The Morgan fingerprint density at radius 1 is 0.957 bits per heavy atom. The van der Waals surface area contributed by atoms with Gasteiger partial charge in [0.2, 0.25) is 5.91 Å². The zero-order valence-electron chi connectivity index (χ0n) is 14.8. The molecule has 0 aromatic heterocycles. The van der Waals surface area contributed by atoms with E-state index < -0.39 is 0 Å². The maximum absolute atomic E-state index is 11.8. The van der Waals surface area contributed by atoms with E-state index in [1.54, 1.807) is 0 Å². The van der Waals surface area contributed by atoms with E-state index in [0.717, 1.165) is 18.5 Å². The highest BCUT2D eigenvalue weighted by Gasteiger charge is 2.02. The second kappa shape index (κ2) is 13.0. The summed E-state index contributed by atoms with van der Waals surface area (Å²) in [5.74, 6) is 0.0894. The molecule has 3 nitrogen and oxygen atoms in total. The highest BCUT2D eigenvalue weighted by Crippen LogP contribution is 2.10. The Balaban J connectivity index is 1.91. The SMILES string of the molecule is CCCCCCCCCCCCNC(=O)Cc1cccc(N)c1. The molecular weight excluding hydrogens is 284 g/mol. The standard InChI is InChI=1S/C20H34N2O/c1-2-3-4-5-6-7-8-9-10-11-15-22-20(23)17-18-13-12-14-19(21)16-18/h12-14,16H,2-11,15,17,21H2,1H3,(H,22,23). The summed E-state index contributed by atoms with van der Waals surface area (Å²) in [5, 5.41) is 3.00. The fraction of sp³-hybridized carbons (Fsp3) is 0.650. The summed E-state index contributed by atoms with van der Waals surface area (Å²) in [6.07, 6.45) is 13.6. The van der Waals surface area contributed by atoms with Gasteiger partial charge < -0.3 is 11.1 Å². The van der Waals surface area contributed by atoms with Crippen LogP contribution in [-0.2, 0) is 11.2 Å². The zero-order valence-corrected chi connectivity index (χ0v) is 14.8. The average molecular weight is 319 g/mol. The van der Waals surface area contributed by atoms with Gasteiger partial charge in [0.25, 0.3) is 0 Å². The number of anilines is 1. The smallest absolute Gasteiger partial charge is 0.224 e. The van der Waals surface area contributed by atoms with E-state index in [-0.39, 0.29) is 5.91 Å². The molecule has 0 bridgehead atoms. The van der Waals surface area contributed by atoms with Crippen LogP contribution in [0.15, 0.2) is 24.3 Å².